The molecule has 14 heavy (non-hydrogen) atoms. The summed E-state index contributed by atoms with van der Waals surface area (Å²) >= 11 is 0. The highest BCUT2D eigenvalue weighted by Gasteiger charge is 2.28. The highest BCUT2D eigenvalue weighted by atomic mass is 16.5. The molecule has 1 aliphatic rings. The van der Waals surface area contributed by atoms with Gasteiger partial charge in [-0.25, -0.2) is 0 Å². The molecule has 1 rings (SSSR count). The zero-order valence-corrected chi connectivity index (χ0v) is 8.82. The molecule has 0 aromatic carbocycles. The van der Waals surface area contributed by atoms with Gasteiger partial charge in [0.25, 0.3) is 0 Å². The Kier molecular flexibility index (Phi) is 4.35. The third-order valence-electron chi connectivity index (χ3n) is 2.52. The molecule has 0 aliphatic carbocycles. The van der Waals surface area contributed by atoms with Gasteiger partial charge in [0.05, 0.1) is 18.6 Å². The second kappa shape index (κ2) is 5.32. The molecule has 1 heterocycles. The van der Waals surface area contributed by atoms with E-state index in [1.54, 1.807) is 0 Å². The van der Waals surface area contributed by atoms with Crippen LogP contribution >= 0.6 is 0 Å². The molecule has 0 aromatic heterocycles. The normalized spacial score (nSPS) is 28.8. The average molecular weight is 201 g/mol. The number of carbonyl (C=O) groups is 1. The largest absolute Gasteiger partial charge is 0.396 e. The molecule has 1 saturated heterocycles. The first kappa shape index (κ1) is 11.5. The van der Waals surface area contributed by atoms with E-state index in [2.05, 4.69) is 5.32 Å². The fourth-order valence-corrected chi connectivity index (χ4v) is 1.63. The molecular formula is C10H19NO3. The Morgan fingerprint density at radius 1 is 1.71 bits per heavy atom. The van der Waals surface area contributed by atoms with Crippen LogP contribution in [0.5, 0.6) is 0 Å². The molecule has 3 atom stereocenters. The topological polar surface area (TPSA) is 58.6 Å². The Balaban J connectivity index is 2.27. The van der Waals surface area contributed by atoms with Crippen molar-refractivity contribution in [3.63, 3.8) is 0 Å². The van der Waals surface area contributed by atoms with Gasteiger partial charge in [0.2, 0.25) is 5.91 Å². The average Bonchev–Trinajstić information content (AvgIpc) is 2.52. The highest BCUT2D eigenvalue weighted by molar-refractivity contribution is 5.79. The Morgan fingerprint density at radius 3 is 2.93 bits per heavy atom. The second-order valence-corrected chi connectivity index (χ2v) is 4.00. The van der Waals surface area contributed by atoms with Gasteiger partial charge in [0.15, 0.2) is 0 Å². The van der Waals surface area contributed by atoms with Crippen LogP contribution in [0, 0.1) is 5.92 Å². The van der Waals surface area contributed by atoms with Crippen LogP contribution < -0.4 is 5.32 Å². The van der Waals surface area contributed by atoms with E-state index in [4.69, 9.17) is 9.84 Å². The number of amides is 1. The van der Waals surface area contributed by atoms with Crippen LogP contribution in [0.15, 0.2) is 0 Å². The summed E-state index contributed by atoms with van der Waals surface area (Å²) in [6, 6.07) is 0.0448. The molecule has 0 radical (unpaired) electrons. The Labute approximate surface area is 84.6 Å². The minimum absolute atomic E-state index is 0.00820. The number of aliphatic hydroxyl groups excluding tert-OH is 1. The van der Waals surface area contributed by atoms with Gasteiger partial charge in [-0.2, -0.15) is 0 Å². The van der Waals surface area contributed by atoms with Crippen molar-refractivity contribution in [1.29, 1.82) is 0 Å². The van der Waals surface area contributed by atoms with E-state index in [0.29, 0.717) is 13.0 Å². The zero-order valence-electron chi connectivity index (χ0n) is 8.82. The van der Waals surface area contributed by atoms with Crippen LogP contribution in [0.1, 0.15) is 26.7 Å². The SMILES string of the molecule is CC(CCO)NC(=O)C1COC(C)C1. The van der Waals surface area contributed by atoms with Crippen molar-refractivity contribution in [1.82, 2.24) is 5.32 Å². The lowest BCUT2D eigenvalue weighted by molar-refractivity contribution is -0.125. The van der Waals surface area contributed by atoms with Crippen molar-refractivity contribution in [2.75, 3.05) is 13.2 Å². The first-order valence-electron chi connectivity index (χ1n) is 5.16. The van der Waals surface area contributed by atoms with Crippen LogP contribution in [-0.2, 0) is 9.53 Å². The molecule has 3 unspecified atom stereocenters. The molecule has 0 aromatic rings. The molecule has 0 spiro atoms. The first-order chi connectivity index (χ1) is 6.63. The molecule has 2 N–H and O–H groups in total. The summed E-state index contributed by atoms with van der Waals surface area (Å²) < 4.78 is 5.32. The van der Waals surface area contributed by atoms with Crippen molar-refractivity contribution in [3.8, 4) is 0 Å². The van der Waals surface area contributed by atoms with Gasteiger partial charge < -0.3 is 15.2 Å². The number of hydrogen-bond acceptors (Lipinski definition) is 3. The van der Waals surface area contributed by atoms with Crippen LogP contribution in [0.4, 0.5) is 0 Å². The molecule has 0 saturated carbocycles. The van der Waals surface area contributed by atoms with E-state index in [1.807, 2.05) is 13.8 Å². The van der Waals surface area contributed by atoms with Crippen molar-refractivity contribution in [2.45, 2.75) is 38.8 Å². The third-order valence-corrected chi connectivity index (χ3v) is 2.52. The molecule has 1 aliphatic heterocycles. The standard InChI is InChI=1S/C10H19NO3/c1-7(3-4-12)11-10(13)9-5-8(2)14-6-9/h7-9,12H,3-6H2,1-2H3,(H,11,13). The summed E-state index contributed by atoms with van der Waals surface area (Å²) in [5, 5.41) is 11.5. The molecule has 4 heteroatoms. The molecule has 82 valence electrons. The van der Waals surface area contributed by atoms with E-state index >= 15 is 0 Å². The Hall–Kier alpha value is -0.610. The first-order valence-corrected chi connectivity index (χ1v) is 5.16. The fraction of sp³-hybridized carbons (Fsp3) is 0.900. The van der Waals surface area contributed by atoms with Gasteiger partial charge >= 0.3 is 0 Å². The fourth-order valence-electron chi connectivity index (χ4n) is 1.63. The number of aliphatic hydroxyl groups is 1. The lowest BCUT2D eigenvalue weighted by atomic mass is 10.0. The van der Waals surface area contributed by atoms with Crippen molar-refractivity contribution < 1.29 is 14.6 Å². The smallest absolute Gasteiger partial charge is 0.225 e. The van der Waals surface area contributed by atoms with Crippen molar-refractivity contribution in [2.24, 2.45) is 5.92 Å². The summed E-state index contributed by atoms with van der Waals surface area (Å²) in [6.45, 7) is 4.51. The van der Waals surface area contributed by atoms with E-state index in [-0.39, 0.29) is 30.6 Å². The van der Waals surface area contributed by atoms with Gasteiger partial charge in [-0.3, -0.25) is 4.79 Å². The molecule has 1 fully saturated rings. The van der Waals surface area contributed by atoms with Crippen LogP contribution in [-0.4, -0.2) is 36.4 Å². The predicted molar refractivity (Wildman–Crippen MR) is 52.8 cm³/mol. The maximum atomic E-state index is 11.6. The zero-order chi connectivity index (χ0) is 10.6. The Bertz CT molecular complexity index is 196. The van der Waals surface area contributed by atoms with Crippen molar-refractivity contribution in [3.05, 3.63) is 0 Å². The number of nitrogens with one attached hydrogen (secondary N) is 1. The monoisotopic (exact) mass is 201 g/mol. The molecule has 0 bridgehead atoms. The molecule has 4 nitrogen and oxygen atoms in total. The number of rotatable bonds is 4. The highest BCUT2D eigenvalue weighted by Crippen LogP contribution is 2.19. The van der Waals surface area contributed by atoms with E-state index in [0.717, 1.165) is 6.42 Å². The number of hydrogen-bond donors (Lipinski definition) is 2. The van der Waals surface area contributed by atoms with Crippen LogP contribution in [0.25, 0.3) is 0 Å². The van der Waals surface area contributed by atoms with Gasteiger partial charge in [-0.1, -0.05) is 0 Å². The van der Waals surface area contributed by atoms with Crippen molar-refractivity contribution >= 4 is 5.91 Å². The maximum Gasteiger partial charge on any atom is 0.225 e. The lowest BCUT2D eigenvalue weighted by Gasteiger charge is -2.15. The van der Waals surface area contributed by atoms with Gasteiger partial charge in [0.1, 0.15) is 0 Å². The summed E-state index contributed by atoms with van der Waals surface area (Å²) in [5.41, 5.74) is 0. The number of ether oxygens (including phenoxy) is 1. The van der Waals surface area contributed by atoms with Gasteiger partial charge in [0, 0.05) is 12.6 Å². The van der Waals surface area contributed by atoms with Gasteiger partial charge in [-0.15, -0.1) is 0 Å². The Morgan fingerprint density at radius 2 is 2.43 bits per heavy atom. The minimum atomic E-state index is -0.00820. The van der Waals surface area contributed by atoms with E-state index in [1.165, 1.54) is 0 Å². The van der Waals surface area contributed by atoms with E-state index in [9.17, 15) is 4.79 Å². The van der Waals surface area contributed by atoms with Crippen LogP contribution in [0.2, 0.25) is 0 Å². The maximum absolute atomic E-state index is 11.6. The predicted octanol–water partition coefficient (Wildman–Crippen LogP) is 0.298. The number of carbonyl (C=O) groups excluding carboxylic acids is 1. The summed E-state index contributed by atoms with van der Waals surface area (Å²) in [4.78, 5) is 11.6. The summed E-state index contributed by atoms with van der Waals surface area (Å²) in [5.74, 6) is 0.0430. The quantitative estimate of drug-likeness (QED) is 0.687. The summed E-state index contributed by atoms with van der Waals surface area (Å²) in [7, 11) is 0. The van der Waals surface area contributed by atoms with Gasteiger partial charge in [-0.05, 0) is 26.7 Å². The van der Waals surface area contributed by atoms with E-state index < -0.39 is 0 Å². The summed E-state index contributed by atoms with van der Waals surface area (Å²) in [6.07, 6.45) is 1.60. The van der Waals surface area contributed by atoms with Crippen LogP contribution in [0.3, 0.4) is 0 Å². The second-order valence-electron chi connectivity index (χ2n) is 4.00. The molecular weight excluding hydrogens is 182 g/mol. The minimum Gasteiger partial charge on any atom is -0.396 e. The molecule has 1 amide bonds. The third kappa shape index (κ3) is 3.27. The lowest BCUT2D eigenvalue weighted by Crippen LogP contribution is -2.38.